The molecule has 0 amide bonds. The largest absolute Gasteiger partial charge is 0.493 e. The van der Waals surface area contributed by atoms with Crippen LogP contribution in [0.4, 0.5) is 0 Å². The van der Waals surface area contributed by atoms with Crippen LogP contribution in [0.3, 0.4) is 0 Å². The molecule has 1 aliphatic rings. The van der Waals surface area contributed by atoms with Crippen molar-refractivity contribution < 1.29 is 14.3 Å². The van der Waals surface area contributed by atoms with Crippen molar-refractivity contribution in [1.29, 1.82) is 0 Å². The highest BCUT2D eigenvalue weighted by Crippen LogP contribution is 2.38. The smallest absolute Gasteiger partial charge is 0.189 e. The highest BCUT2D eigenvalue weighted by atomic mass is 79.9. The molecule has 2 aromatic carbocycles. The molecule has 0 atom stereocenters. The SMILES string of the molecule is C=CCOc1c(Br)cc(/C=C2/Cc3ccccc3C2=O)cc1OC. The molecule has 0 saturated carbocycles. The van der Waals surface area contributed by atoms with Crippen molar-refractivity contribution in [3.63, 3.8) is 0 Å². The van der Waals surface area contributed by atoms with Gasteiger partial charge in [0.2, 0.25) is 0 Å². The summed E-state index contributed by atoms with van der Waals surface area (Å²) in [6, 6.07) is 11.5. The van der Waals surface area contributed by atoms with E-state index in [0.29, 0.717) is 24.5 Å². The van der Waals surface area contributed by atoms with Gasteiger partial charge in [-0.25, -0.2) is 0 Å². The number of benzene rings is 2. The van der Waals surface area contributed by atoms with Crippen LogP contribution in [0.15, 0.2) is 59.1 Å². The molecule has 0 spiro atoms. The highest BCUT2D eigenvalue weighted by molar-refractivity contribution is 9.10. The van der Waals surface area contributed by atoms with Crippen molar-refractivity contribution in [1.82, 2.24) is 0 Å². The van der Waals surface area contributed by atoms with E-state index in [9.17, 15) is 4.79 Å². The zero-order valence-corrected chi connectivity index (χ0v) is 14.9. The monoisotopic (exact) mass is 384 g/mol. The van der Waals surface area contributed by atoms with Crippen LogP contribution in [-0.2, 0) is 6.42 Å². The molecule has 24 heavy (non-hydrogen) atoms. The van der Waals surface area contributed by atoms with E-state index >= 15 is 0 Å². The fraction of sp³-hybridized carbons (Fsp3) is 0.150. The lowest BCUT2D eigenvalue weighted by Crippen LogP contribution is -1.98. The minimum absolute atomic E-state index is 0.0904. The third-order valence-corrected chi connectivity index (χ3v) is 4.46. The van der Waals surface area contributed by atoms with Crippen molar-refractivity contribution in [2.45, 2.75) is 6.42 Å². The Labute approximate surface area is 149 Å². The molecular weight excluding hydrogens is 368 g/mol. The Bertz CT molecular complexity index is 837. The first kappa shape index (κ1) is 16.5. The summed E-state index contributed by atoms with van der Waals surface area (Å²) < 4.78 is 11.8. The number of halogens is 1. The zero-order chi connectivity index (χ0) is 17.1. The van der Waals surface area contributed by atoms with E-state index < -0.39 is 0 Å². The molecule has 3 rings (SSSR count). The number of carbonyl (C=O) groups excluding carboxylic acids is 1. The van der Waals surface area contributed by atoms with Gasteiger partial charge in [-0.1, -0.05) is 36.9 Å². The maximum atomic E-state index is 12.5. The van der Waals surface area contributed by atoms with E-state index in [1.807, 2.05) is 42.5 Å². The Morgan fingerprint density at radius 2 is 2.08 bits per heavy atom. The second kappa shape index (κ2) is 7.05. The summed E-state index contributed by atoms with van der Waals surface area (Å²) in [7, 11) is 1.59. The Balaban J connectivity index is 1.95. The summed E-state index contributed by atoms with van der Waals surface area (Å²) in [6.45, 7) is 4.04. The minimum atomic E-state index is 0.0904. The molecule has 0 saturated heterocycles. The van der Waals surface area contributed by atoms with Crippen LogP contribution in [0.5, 0.6) is 11.5 Å². The Morgan fingerprint density at radius 3 is 2.79 bits per heavy atom. The van der Waals surface area contributed by atoms with E-state index in [1.165, 1.54) is 0 Å². The van der Waals surface area contributed by atoms with Crippen LogP contribution in [0.25, 0.3) is 6.08 Å². The van der Waals surface area contributed by atoms with Crippen molar-refractivity contribution in [2.75, 3.05) is 13.7 Å². The number of Topliss-reactive ketones (excluding diaryl/α,β-unsaturated/α-hetero) is 1. The molecule has 0 bridgehead atoms. The average molecular weight is 385 g/mol. The van der Waals surface area contributed by atoms with Gasteiger partial charge in [0.1, 0.15) is 6.61 Å². The van der Waals surface area contributed by atoms with E-state index in [2.05, 4.69) is 22.5 Å². The fourth-order valence-electron chi connectivity index (χ4n) is 2.78. The quantitative estimate of drug-likeness (QED) is 0.546. The van der Waals surface area contributed by atoms with Crippen LogP contribution in [-0.4, -0.2) is 19.5 Å². The normalized spacial score (nSPS) is 14.6. The van der Waals surface area contributed by atoms with E-state index in [-0.39, 0.29) is 5.78 Å². The second-order valence-electron chi connectivity index (χ2n) is 5.47. The summed E-state index contributed by atoms with van der Waals surface area (Å²) >= 11 is 3.51. The van der Waals surface area contributed by atoms with E-state index in [1.54, 1.807) is 13.2 Å². The molecule has 1 aliphatic carbocycles. The number of hydrogen-bond acceptors (Lipinski definition) is 3. The molecule has 0 aliphatic heterocycles. The Hall–Kier alpha value is -2.33. The van der Waals surface area contributed by atoms with Gasteiger partial charge in [-0.15, -0.1) is 0 Å². The molecule has 122 valence electrons. The van der Waals surface area contributed by atoms with Gasteiger partial charge in [-0.2, -0.15) is 0 Å². The lowest BCUT2D eigenvalue weighted by atomic mass is 10.1. The third-order valence-electron chi connectivity index (χ3n) is 3.87. The molecule has 2 aromatic rings. The lowest BCUT2D eigenvalue weighted by molar-refractivity contribution is 0.104. The second-order valence-corrected chi connectivity index (χ2v) is 6.32. The first-order valence-corrected chi connectivity index (χ1v) is 8.37. The molecule has 0 fully saturated rings. The van der Waals surface area contributed by atoms with Crippen molar-refractivity contribution in [3.8, 4) is 11.5 Å². The summed E-state index contributed by atoms with van der Waals surface area (Å²) in [5, 5.41) is 0. The molecule has 4 heteroatoms. The number of methoxy groups -OCH3 is 1. The van der Waals surface area contributed by atoms with Crippen LogP contribution < -0.4 is 9.47 Å². The summed E-state index contributed by atoms with van der Waals surface area (Å²) in [5.41, 5.74) is 3.54. The molecule has 0 N–H and O–H groups in total. The van der Waals surface area contributed by atoms with E-state index in [4.69, 9.17) is 9.47 Å². The van der Waals surface area contributed by atoms with Crippen LogP contribution in [0.2, 0.25) is 0 Å². The number of fused-ring (bicyclic) bond motifs is 1. The van der Waals surface area contributed by atoms with E-state index in [0.717, 1.165) is 26.7 Å². The van der Waals surface area contributed by atoms with Gasteiger partial charge in [0, 0.05) is 17.6 Å². The number of carbonyl (C=O) groups is 1. The summed E-state index contributed by atoms with van der Waals surface area (Å²) in [5.74, 6) is 1.33. The molecule has 3 nitrogen and oxygen atoms in total. The number of ketones is 1. The van der Waals surface area contributed by atoms with Gasteiger partial charge < -0.3 is 9.47 Å². The predicted octanol–water partition coefficient (Wildman–Crippen LogP) is 4.84. The molecule has 0 radical (unpaired) electrons. The van der Waals surface area contributed by atoms with Crippen molar-refractivity contribution >= 4 is 27.8 Å². The predicted molar refractivity (Wildman–Crippen MR) is 98.8 cm³/mol. The molecule has 0 aromatic heterocycles. The lowest BCUT2D eigenvalue weighted by Gasteiger charge is -2.12. The molecule has 0 heterocycles. The number of rotatable bonds is 5. The van der Waals surface area contributed by atoms with Gasteiger partial charge >= 0.3 is 0 Å². The van der Waals surface area contributed by atoms with Crippen LogP contribution >= 0.6 is 15.9 Å². The van der Waals surface area contributed by atoms with Crippen molar-refractivity contribution in [2.24, 2.45) is 0 Å². The van der Waals surface area contributed by atoms with Gasteiger partial charge in [-0.05, 0) is 45.3 Å². The van der Waals surface area contributed by atoms with Gasteiger partial charge in [0.25, 0.3) is 0 Å². The first-order chi connectivity index (χ1) is 11.6. The summed E-state index contributed by atoms with van der Waals surface area (Å²) in [6.07, 6.45) is 4.24. The summed E-state index contributed by atoms with van der Waals surface area (Å²) in [4.78, 5) is 12.5. The fourth-order valence-corrected chi connectivity index (χ4v) is 3.35. The maximum Gasteiger partial charge on any atom is 0.189 e. The van der Waals surface area contributed by atoms with Crippen LogP contribution in [0, 0.1) is 0 Å². The van der Waals surface area contributed by atoms with Gasteiger partial charge in [0.05, 0.1) is 11.6 Å². The molecule has 0 unspecified atom stereocenters. The first-order valence-electron chi connectivity index (χ1n) is 7.58. The Morgan fingerprint density at radius 1 is 1.29 bits per heavy atom. The number of hydrogen-bond donors (Lipinski definition) is 0. The molecular formula is C20H17BrO3. The van der Waals surface area contributed by atoms with Gasteiger partial charge in [-0.3, -0.25) is 4.79 Å². The number of allylic oxidation sites excluding steroid dienone is 1. The number of ether oxygens (including phenoxy) is 2. The van der Waals surface area contributed by atoms with Crippen molar-refractivity contribution in [3.05, 3.63) is 75.8 Å². The zero-order valence-electron chi connectivity index (χ0n) is 13.3. The standard InChI is InChI=1S/C20H17BrO3/c1-3-8-24-20-17(21)10-13(11-18(20)23-2)9-15-12-14-6-4-5-7-16(14)19(15)22/h3-7,9-11H,1,8,12H2,2H3/b15-9-. The Kier molecular flexibility index (Phi) is 4.86. The van der Waals surface area contributed by atoms with Crippen LogP contribution in [0.1, 0.15) is 21.5 Å². The minimum Gasteiger partial charge on any atom is -0.493 e. The third kappa shape index (κ3) is 3.15. The van der Waals surface area contributed by atoms with Gasteiger partial charge in [0.15, 0.2) is 17.3 Å². The average Bonchev–Trinajstić information content (AvgIpc) is 2.90. The highest BCUT2D eigenvalue weighted by Gasteiger charge is 2.24. The maximum absolute atomic E-state index is 12.5. The topological polar surface area (TPSA) is 35.5 Å².